The predicted octanol–water partition coefficient (Wildman–Crippen LogP) is 0.960. The van der Waals surface area contributed by atoms with Gasteiger partial charge in [0.15, 0.2) is 0 Å². The number of hydrogen-bond acceptors (Lipinski definition) is 5. The van der Waals surface area contributed by atoms with Gasteiger partial charge in [0.05, 0.1) is 0 Å². The molecule has 0 aliphatic carbocycles. The average Bonchev–Trinajstić information content (AvgIpc) is 2.61. The molecule has 0 saturated carbocycles. The number of aliphatic imine (C=N–C) groups is 1. The van der Waals surface area contributed by atoms with Crippen LogP contribution in [-0.4, -0.2) is 42.6 Å². The lowest BCUT2D eigenvalue weighted by molar-refractivity contribution is -0.116. The number of aliphatic hydroxyl groups is 1. The molecule has 7 nitrogen and oxygen atoms in total. The van der Waals surface area contributed by atoms with Gasteiger partial charge in [-0.3, -0.25) is 14.6 Å². The number of hydrogen-bond donors (Lipinski definition) is 4. The molecule has 1 unspecified atom stereocenters. The Balaban J connectivity index is 1.66. The van der Waals surface area contributed by atoms with Gasteiger partial charge in [0.25, 0.3) is 0 Å². The smallest absolute Gasteiger partial charge is 0.224 e. The van der Waals surface area contributed by atoms with Crippen LogP contribution in [0.2, 0.25) is 0 Å². The Morgan fingerprint density at radius 2 is 2.12 bits per heavy atom. The number of carbonyl (C=O) groups is 2. The van der Waals surface area contributed by atoms with E-state index in [1.807, 2.05) is 6.08 Å². The molecule has 0 fully saturated rings. The van der Waals surface area contributed by atoms with E-state index in [0.717, 1.165) is 30.8 Å². The zero-order valence-electron chi connectivity index (χ0n) is 14.1. The van der Waals surface area contributed by atoms with Gasteiger partial charge in [-0.15, -0.1) is 0 Å². The Bertz CT molecular complexity index is 626. The number of nitrogens with zero attached hydrogens (tertiary/aromatic N) is 1. The highest BCUT2D eigenvalue weighted by molar-refractivity contribution is 5.93. The van der Waals surface area contributed by atoms with Gasteiger partial charge in [-0.2, -0.15) is 0 Å². The molecule has 0 bridgehead atoms. The van der Waals surface area contributed by atoms with Gasteiger partial charge >= 0.3 is 0 Å². The third-order valence-electron chi connectivity index (χ3n) is 3.67. The zero-order valence-corrected chi connectivity index (χ0v) is 14.1. The van der Waals surface area contributed by atoms with E-state index in [1.54, 1.807) is 24.3 Å². The number of aliphatic hydroxyl groups excluding tert-OH is 1. The Morgan fingerprint density at radius 3 is 2.80 bits per heavy atom. The number of anilines is 1. The van der Waals surface area contributed by atoms with Crippen molar-refractivity contribution in [2.24, 2.45) is 4.99 Å². The normalized spacial score (nSPS) is 14.4. The predicted molar refractivity (Wildman–Crippen MR) is 97.3 cm³/mol. The van der Waals surface area contributed by atoms with E-state index in [2.05, 4.69) is 27.0 Å². The molecule has 2 rings (SSSR count). The minimum absolute atomic E-state index is 0.0432. The van der Waals surface area contributed by atoms with Crippen LogP contribution in [0.5, 0.6) is 0 Å². The van der Waals surface area contributed by atoms with Crippen LogP contribution in [0.3, 0.4) is 0 Å². The summed E-state index contributed by atoms with van der Waals surface area (Å²) in [6, 6.07) is 7.17. The van der Waals surface area contributed by atoms with Crippen LogP contribution < -0.4 is 16.0 Å². The topological polar surface area (TPSA) is 103 Å². The molecule has 1 aliphatic heterocycles. The lowest BCUT2D eigenvalue weighted by Gasteiger charge is -2.11. The molecular weight excluding hydrogens is 320 g/mol. The molecular formula is C18H24N4O3. The van der Waals surface area contributed by atoms with Gasteiger partial charge in [0.2, 0.25) is 12.3 Å². The molecule has 1 aromatic carbocycles. The van der Waals surface area contributed by atoms with Crippen LogP contribution in [0.4, 0.5) is 5.69 Å². The highest BCUT2D eigenvalue weighted by atomic mass is 16.3. The second-order valence-electron chi connectivity index (χ2n) is 5.74. The van der Waals surface area contributed by atoms with Crippen LogP contribution in [0.25, 0.3) is 0 Å². The second kappa shape index (κ2) is 10.2. The lowest BCUT2D eigenvalue weighted by atomic mass is 10.1. The molecule has 1 aliphatic rings. The van der Waals surface area contributed by atoms with Crippen molar-refractivity contribution >= 4 is 23.8 Å². The number of rotatable bonds is 9. The monoisotopic (exact) mass is 344 g/mol. The van der Waals surface area contributed by atoms with E-state index in [-0.39, 0.29) is 5.91 Å². The average molecular weight is 344 g/mol. The molecule has 25 heavy (non-hydrogen) atoms. The zero-order chi connectivity index (χ0) is 17.9. The summed E-state index contributed by atoms with van der Waals surface area (Å²) in [4.78, 5) is 26.5. The van der Waals surface area contributed by atoms with Crippen molar-refractivity contribution in [3.05, 3.63) is 42.0 Å². The van der Waals surface area contributed by atoms with Crippen LogP contribution in [0.1, 0.15) is 24.8 Å². The van der Waals surface area contributed by atoms with Crippen molar-refractivity contribution in [3.63, 3.8) is 0 Å². The van der Waals surface area contributed by atoms with Crippen molar-refractivity contribution in [2.45, 2.75) is 31.9 Å². The van der Waals surface area contributed by atoms with Crippen molar-refractivity contribution in [2.75, 3.05) is 18.4 Å². The summed E-state index contributed by atoms with van der Waals surface area (Å²) < 4.78 is 0. The molecule has 134 valence electrons. The van der Waals surface area contributed by atoms with E-state index >= 15 is 0 Å². The number of amidine groups is 1. The summed E-state index contributed by atoms with van der Waals surface area (Å²) in [5, 5.41) is 17.8. The van der Waals surface area contributed by atoms with Gasteiger partial charge in [-0.25, -0.2) is 0 Å². The third-order valence-corrected chi connectivity index (χ3v) is 3.67. The summed E-state index contributed by atoms with van der Waals surface area (Å²) in [6.07, 6.45) is 6.05. The summed E-state index contributed by atoms with van der Waals surface area (Å²) in [7, 11) is 0. The first-order chi connectivity index (χ1) is 12.2. The summed E-state index contributed by atoms with van der Waals surface area (Å²) in [6.45, 7) is 1.52. The highest BCUT2D eigenvalue weighted by Gasteiger charge is 2.06. The maximum Gasteiger partial charge on any atom is 0.224 e. The summed E-state index contributed by atoms with van der Waals surface area (Å²) >= 11 is 0. The van der Waals surface area contributed by atoms with E-state index < -0.39 is 6.23 Å². The van der Waals surface area contributed by atoms with Crippen molar-refractivity contribution in [3.8, 4) is 0 Å². The van der Waals surface area contributed by atoms with E-state index in [9.17, 15) is 14.7 Å². The number of carbonyl (C=O) groups excluding carboxylic acids is 2. The molecule has 1 heterocycles. The molecule has 0 aromatic heterocycles. The quantitative estimate of drug-likeness (QED) is 0.304. The molecule has 1 atom stereocenters. The van der Waals surface area contributed by atoms with Gasteiger partial charge in [0, 0.05) is 31.6 Å². The minimum Gasteiger partial charge on any atom is -0.373 e. The first-order valence-corrected chi connectivity index (χ1v) is 8.39. The maximum absolute atomic E-state index is 11.9. The first-order valence-electron chi connectivity index (χ1n) is 8.39. The molecule has 2 amide bonds. The van der Waals surface area contributed by atoms with Crippen LogP contribution in [-0.2, 0) is 16.0 Å². The van der Waals surface area contributed by atoms with Gasteiger partial charge in [-0.05, 0) is 36.6 Å². The number of amides is 2. The lowest BCUT2D eigenvalue weighted by Crippen LogP contribution is -2.29. The molecule has 0 saturated heterocycles. The molecule has 1 aromatic rings. The Morgan fingerprint density at radius 1 is 1.32 bits per heavy atom. The molecule has 7 heteroatoms. The highest BCUT2D eigenvalue weighted by Crippen LogP contribution is 2.11. The van der Waals surface area contributed by atoms with E-state index in [4.69, 9.17) is 0 Å². The number of dihydropyridines is 1. The minimum atomic E-state index is -0.908. The van der Waals surface area contributed by atoms with E-state index in [1.165, 1.54) is 0 Å². The largest absolute Gasteiger partial charge is 0.373 e. The number of benzene rings is 1. The van der Waals surface area contributed by atoms with Crippen LogP contribution in [0.15, 0.2) is 41.4 Å². The van der Waals surface area contributed by atoms with Crippen LogP contribution in [0, 0.1) is 0 Å². The van der Waals surface area contributed by atoms with E-state index in [0.29, 0.717) is 31.5 Å². The molecule has 0 spiro atoms. The van der Waals surface area contributed by atoms with Crippen molar-refractivity contribution < 1.29 is 14.7 Å². The molecule has 4 N–H and O–H groups in total. The Kier molecular flexibility index (Phi) is 7.65. The Hall–Kier alpha value is -2.67. The fourth-order valence-corrected chi connectivity index (χ4v) is 2.40. The fourth-order valence-electron chi connectivity index (χ4n) is 2.40. The van der Waals surface area contributed by atoms with Gasteiger partial charge in [-0.1, -0.05) is 18.2 Å². The van der Waals surface area contributed by atoms with Crippen LogP contribution >= 0.6 is 0 Å². The maximum atomic E-state index is 11.9. The molecule has 0 radical (unpaired) electrons. The Labute approximate surface area is 147 Å². The van der Waals surface area contributed by atoms with Crippen molar-refractivity contribution in [1.29, 1.82) is 0 Å². The summed E-state index contributed by atoms with van der Waals surface area (Å²) in [5.74, 6) is 0.840. The first kappa shape index (κ1) is 18.7. The van der Waals surface area contributed by atoms with Crippen molar-refractivity contribution in [1.82, 2.24) is 10.6 Å². The number of nitrogens with one attached hydrogen (secondary N) is 3. The SMILES string of the molecule is O=CNC(O)Cc1ccc(NC(=O)CCCNC2=NCCC=C2)cc1. The van der Waals surface area contributed by atoms with Gasteiger partial charge in [0.1, 0.15) is 12.1 Å². The second-order valence-corrected chi connectivity index (χ2v) is 5.74. The van der Waals surface area contributed by atoms with Gasteiger partial charge < -0.3 is 21.1 Å². The fraction of sp³-hybridized carbons (Fsp3) is 0.389. The standard InChI is InChI=1S/C18H24N4O3/c23-13-21-18(25)12-14-6-8-15(9-7-14)22-17(24)5-3-11-20-16-4-1-2-10-19-16/h1,4,6-9,13,18,25H,2-3,5,10-12H2,(H,19,20)(H,21,23)(H,22,24). The summed E-state index contributed by atoms with van der Waals surface area (Å²) in [5.41, 5.74) is 1.57. The third kappa shape index (κ3) is 7.17.